The van der Waals surface area contributed by atoms with Gasteiger partial charge in [0.1, 0.15) is 0 Å². The largest absolute Gasteiger partial charge is 0.399 e. The molecule has 0 unspecified atom stereocenters. The standard InChI is InChI=1S/C22H32N2S/c23-21-13-9-19(10-14-21)7-3-1-5-17-25-18-6-2-4-8-20-11-15-22(24)16-12-20/h9-16H,1-8,17-18,23-24H2. The van der Waals surface area contributed by atoms with Gasteiger partial charge in [-0.15, -0.1) is 0 Å². The van der Waals surface area contributed by atoms with E-state index in [2.05, 4.69) is 36.0 Å². The highest BCUT2D eigenvalue weighted by molar-refractivity contribution is 7.99. The van der Waals surface area contributed by atoms with E-state index in [0.29, 0.717) is 0 Å². The van der Waals surface area contributed by atoms with Gasteiger partial charge in [0.2, 0.25) is 0 Å². The van der Waals surface area contributed by atoms with Crippen LogP contribution in [0.3, 0.4) is 0 Å². The summed E-state index contributed by atoms with van der Waals surface area (Å²) in [5.41, 5.74) is 15.9. The third kappa shape index (κ3) is 8.87. The molecule has 3 heteroatoms. The maximum absolute atomic E-state index is 5.71. The van der Waals surface area contributed by atoms with Gasteiger partial charge in [0.05, 0.1) is 0 Å². The molecule has 0 fully saturated rings. The fourth-order valence-electron chi connectivity index (χ4n) is 2.89. The van der Waals surface area contributed by atoms with Gasteiger partial charge >= 0.3 is 0 Å². The highest BCUT2D eigenvalue weighted by Crippen LogP contribution is 2.14. The molecular formula is C22H32N2S. The zero-order chi connectivity index (χ0) is 17.7. The second-order valence-electron chi connectivity index (χ2n) is 6.72. The molecule has 0 aliphatic rings. The van der Waals surface area contributed by atoms with Crippen molar-refractivity contribution in [3.8, 4) is 0 Å². The van der Waals surface area contributed by atoms with Crippen LogP contribution in [0.25, 0.3) is 0 Å². The Morgan fingerprint density at radius 2 is 0.920 bits per heavy atom. The monoisotopic (exact) mass is 356 g/mol. The number of benzene rings is 2. The first kappa shape index (κ1) is 19.7. The minimum Gasteiger partial charge on any atom is -0.399 e. The summed E-state index contributed by atoms with van der Waals surface area (Å²) in [6.45, 7) is 0. The Morgan fingerprint density at radius 3 is 1.32 bits per heavy atom. The van der Waals surface area contributed by atoms with Crippen molar-refractivity contribution in [3.63, 3.8) is 0 Å². The quantitative estimate of drug-likeness (QED) is 0.378. The van der Waals surface area contributed by atoms with Gasteiger partial charge in [0, 0.05) is 11.4 Å². The van der Waals surface area contributed by atoms with Crippen LogP contribution in [0.5, 0.6) is 0 Å². The first-order valence-corrected chi connectivity index (χ1v) is 10.7. The molecule has 136 valence electrons. The van der Waals surface area contributed by atoms with Crippen molar-refractivity contribution in [1.29, 1.82) is 0 Å². The van der Waals surface area contributed by atoms with Crippen molar-refractivity contribution >= 4 is 23.1 Å². The summed E-state index contributed by atoms with van der Waals surface area (Å²) < 4.78 is 0. The van der Waals surface area contributed by atoms with Gasteiger partial charge in [0.15, 0.2) is 0 Å². The topological polar surface area (TPSA) is 52.0 Å². The van der Waals surface area contributed by atoms with Gasteiger partial charge in [-0.25, -0.2) is 0 Å². The SMILES string of the molecule is Nc1ccc(CCCCCSCCCCCc2ccc(N)cc2)cc1. The zero-order valence-electron chi connectivity index (χ0n) is 15.3. The molecule has 2 aromatic rings. The van der Waals surface area contributed by atoms with Crippen LogP contribution in [-0.4, -0.2) is 11.5 Å². The van der Waals surface area contributed by atoms with Crippen molar-refractivity contribution < 1.29 is 0 Å². The smallest absolute Gasteiger partial charge is 0.0314 e. The Labute approximate surface area is 157 Å². The molecule has 2 aromatic carbocycles. The summed E-state index contributed by atoms with van der Waals surface area (Å²) in [5.74, 6) is 2.61. The van der Waals surface area contributed by atoms with Gasteiger partial charge in [-0.2, -0.15) is 11.8 Å². The normalized spacial score (nSPS) is 10.9. The maximum Gasteiger partial charge on any atom is 0.0314 e. The van der Waals surface area contributed by atoms with Crippen LogP contribution in [0.2, 0.25) is 0 Å². The lowest BCUT2D eigenvalue weighted by Crippen LogP contribution is -1.91. The minimum absolute atomic E-state index is 0.855. The molecule has 0 heterocycles. The van der Waals surface area contributed by atoms with Crippen molar-refractivity contribution in [2.75, 3.05) is 23.0 Å². The van der Waals surface area contributed by atoms with E-state index in [9.17, 15) is 0 Å². The Morgan fingerprint density at radius 1 is 0.520 bits per heavy atom. The Bertz CT molecular complexity index is 524. The first-order chi connectivity index (χ1) is 12.2. The number of rotatable bonds is 12. The third-order valence-electron chi connectivity index (χ3n) is 4.47. The number of nitrogens with two attached hydrogens (primary N) is 2. The van der Waals surface area contributed by atoms with E-state index in [1.54, 1.807) is 0 Å². The lowest BCUT2D eigenvalue weighted by Gasteiger charge is -2.04. The van der Waals surface area contributed by atoms with Crippen LogP contribution < -0.4 is 11.5 Å². The van der Waals surface area contributed by atoms with Crippen molar-refractivity contribution in [3.05, 3.63) is 59.7 Å². The van der Waals surface area contributed by atoms with Crippen molar-refractivity contribution in [2.24, 2.45) is 0 Å². The molecule has 0 amide bonds. The average molecular weight is 357 g/mol. The molecule has 0 aliphatic carbocycles. The fraction of sp³-hybridized carbons (Fsp3) is 0.455. The molecular weight excluding hydrogens is 324 g/mol. The first-order valence-electron chi connectivity index (χ1n) is 9.50. The van der Waals surface area contributed by atoms with Crippen LogP contribution in [0.4, 0.5) is 11.4 Å². The van der Waals surface area contributed by atoms with E-state index in [1.807, 2.05) is 24.3 Å². The summed E-state index contributed by atoms with van der Waals surface area (Å²) in [6, 6.07) is 16.6. The summed E-state index contributed by atoms with van der Waals surface area (Å²) in [7, 11) is 0. The lowest BCUT2D eigenvalue weighted by atomic mass is 10.1. The fourth-order valence-corrected chi connectivity index (χ4v) is 3.91. The highest BCUT2D eigenvalue weighted by Gasteiger charge is 1.97. The number of anilines is 2. The summed E-state index contributed by atoms with van der Waals surface area (Å²) in [6.07, 6.45) is 10.3. The van der Waals surface area contributed by atoms with E-state index in [0.717, 1.165) is 11.4 Å². The maximum atomic E-state index is 5.71. The molecule has 25 heavy (non-hydrogen) atoms. The van der Waals surface area contributed by atoms with E-state index in [1.165, 1.54) is 74.0 Å². The van der Waals surface area contributed by atoms with E-state index < -0.39 is 0 Å². The van der Waals surface area contributed by atoms with Crippen LogP contribution in [0.15, 0.2) is 48.5 Å². The average Bonchev–Trinajstić information content (AvgIpc) is 2.63. The number of unbranched alkanes of at least 4 members (excludes halogenated alkanes) is 4. The minimum atomic E-state index is 0.855. The van der Waals surface area contributed by atoms with E-state index in [-0.39, 0.29) is 0 Å². The van der Waals surface area contributed by atoms with Crippen LogP contribution >= 0.6 is 11.8 Å². The molecule has 0 radical (unpaired) electrons. The Hall–Kier alpha value is -1.61. The number of thioether (sulfide) groups is 1. The van der Waals surface area contributed by atoms with Gasteiger partial charge in [-0.3, -0.25) is 0 Å². The van der Waals surface area contributed by atoms with Crippen LogP contribution in [-0.2, 0) is 12.8 Å². The molecule has 0 aliphatic heterocycles. The second-order valence-corrected chi connectivity index (χ2v) is 7.94. The summed E-state index contributed by atoms with van der Waals surface area (Å²) in [4.78, 5) is 0. The van der Waals surface area contributed by atoms with Gasteiger partial charge in [-0.1, -0.05) is 37.1 Å². The summed E-state index contributed by atoms with van der Waals surface area (Å²) >= 11 is 2.12. The molecule has 2 rings (SSSR count). The highest BCUT2D eigenvalue weighted by atomic mass is 32.2. The third-order valence-corrected chi connectivity index (χ3v) is 5.62. The lowest BCUT2D eigenvalue weighted by molar-refractivity contribution is 0.715. The molecule has 0 bridgehead atoms. The summed E-state index contributed by atoms with van der Waals surface area (Å²) in [5, 5.41) is 0. The van der Waals surface area contributed by atoms with E-state index in [4.69, 9.17) is 11.5 Å². The van der Waals surface area contributed by atoms with Gasteiger partial charge in [0.25, 0.3) is 0 Å². The molecule has 0 saturated heterocycles. The Kier molecular flexibility index (Phi) is 9.35. The van der Waals surface area contributed by atoms with Gasteiger partial charge in [-0.05, 0) is 85.4 Å². The van der Waals surface area contributed by atoms with Crippen molar-refractivity contribution in [1.82, 2.24) is 0 Å². The predicted octanol–water partition coefficient (Wildman–Crippen LogP) is 5.71. The predicted molar refractivity (Wildman–Crippen MR) is 114 cm³/mol. The molecule has 0 saturated carbocycles. The molecule has 0 atom stereocenters. The second kappa shape index (κ2) is 11.9. The Balaban J connectivity index is 1.37. The number of nitrogen functional groups attached to an aromatic ring is 2. The van der Waals surface area contributed by atoms with Gasteiger partial charge < -0.3 is 11.5 Å². The molecule has 0 spiro atoms. The van der Waals surface area contributed by atoms with Crippen molar-refractivity contribution in [2.45, 2.75) is 51.4 Å². The number of hydrogen-bond donors (Lipinski definition) is 2. The molecule has 0 aromatic heterocycles. The molecule has 4 N–H and O–H groups in total. The van der Waals surface area contributed by atoms with E-state index >= 15 is 0 Å². The number of aryl methyl sites for hydroxylation is 2. The zero-order valence-corrected chi connectivity index (χ0v) is 16.1. The van der Waals surface area contributed by atoms with Crippen LogP contribution in [0.1, 0.15) is 49.7 Å². The molecule has 2 nitrogen and oxygen atoms in total. The number of hydrogen-bond acceptors (Lipinski definition) is 3. The van der Waals surface area contributed by atoms with Crippen LogP contribution in [0, 0.1) is 0 Å².